The normalized spacial score (nSPS) is 19.7. The number of aliphatic imine (C=N–C) groups is 1. The summed E-state index contributed by atoms with van der Waals surface area (Å²) in [5, 5.41) is 6.80. The highest BCUT2D eigenvalue weighted by Crippen LogP contribution is 2.27. The van der Waals surface area contributed by atoms with Gasteiger partial charge in [0.1, 0.15) is 0 Å². The summed E-state index contributed by atoms with van der Waals surface area (Å²) in [6, 6.07) is 4.16. The maximum absolute atomic E-state index is 12.6. The van der Waals surface area contributed by atoms with Gasteiger partial charge in [0.2, 0.25) is 11.8 Å². The van der Waals surface area contributed by atoms with Crippen LogP contribution in [0.4, 0.5) is 0 Å². The molecule has 1 saturated carbocycles. The second-order valence-corrected chi connectivity index (χ2v) is 7.64. The van der Waals surface area contributed by atoms with Crippen molar-refractivity contribution in [3.8, 4) is 5.88 Å². The zero-order chi connectivity index (χ0) is 19.8. The van der Waals surface area contributed by atoms with Crippen LogP contribution in [0, 0.1) is 5.92 Å². The summed E-state index contributed by atoms with van der Waals surface area (Å²) in [6.45, 7) is 4.91. The third-order valence-corrected chi connectivity index (χ3v) is 5.51. The monoisotopic (exact) mass is 515 g/mol. The molecule has 1 aromatic rings. The van der Waals surface area contributed by atoms with E-state index in [4.69, 9.17) is 4.74 Å². The first-order chi connectivity index (χ1) is 13.7. The van der Waals surface area contributed by atoms with Gasteiger partial charge in [-0.05, 0) is 31.7 Å². The van der Waals surface area contributed by atoms with E-state index in [2.05, 4.69) is 27.5 Å². The molecule has 2 fully saturated rings. The predicted octanol–water partition coefficient (Wildman–Crippen LogP) is 2.94. The fourth-order valence-corrected chi connectivity index (χ4v) is 3.96. The lowest BCUT2D eigenvalue weighted by Crippen LogP contribution is -2.45. The lowest BCUT2D eigenvalue weighted by atomic mass is 10.1. The second-order valence-electron chi connectivity index (χ2n) is 7.64. The van der Waals surface area contributed by atoms with Crippen LogP contribution in [0.25, 0.3) is 0 Å². The highest BCUT2D eigenvalue weighted by Gasteiger charge is 2.32. The van der Waals surface area contributed by atoms with Crippen molar-refractivity contribution in [2.24, 2.45) is 10.9 Å². The molecule has 2 heterocycles. The van der Waals surface area contributed by atoms with E-state index in [-0.39, 0.29) is 35.9 Å². The Bertz CT molecular complexity index is 679. The lowest BCUT2D eigenvalue weighted by Gasteiger charge is -2.21. The number of halogens is 1. The summed E-state index contributed by atoms with van der Waals surface area (Å²) in [5.74, 6) is 2.01. The molecule has 0 aromatic carbocycles. The van der Waals surface area contributed by atoms with Gasteiger partial charge in [-0.1, -0.05) is 25.8 Å². The fourth-order valence-electron chi connectivity index (χ4n) is 3.96. The molecule has 0 bridgehead atoms. The van der Waals surface area contributed by atoms with Gasteiger partial charge in [-0.15, -0.1) is 24.0 Å². The number of nitrogens with one attached hydrogen (secondary N) is 2. The van der Waals surface area contributed by atoms with Gasteiger partial charge in [0.05, 0.1) is 6.61 Å². The first-order valence-electron chi connectivity index (χ1n) is 10.5. The average Bonchev–Trinajstić information content (AvgIpc) is 3.42. The molecule has 0 spiro atoms. The number of hydrogen-bond donors (Lipinski definition) is 2. The molecule has 0 radical (unpaired) electrons. The third-order valence-electron chi connectivity index (χ3n) is 5.51. The zero-order valence-electron chi connectivity index (χ0n) is 17.5. The van der Waals surface area contributed by atoms with Gasteiger partial charge in [0.15, 0.2) is 5.96 Å². The van der Waals surface area contributed by atoms with Gasteiger partial charge >= 0.3 is 0 Å². The smallest absolute Gasteiger partial charge is 0.225 e. The van der Waals surface area contributed by atoms with Crippen LogP contribution in [0.5, 0.6) is 5.88 Å². The molecular formula is C21H34IN5O2. The molecule has 2 aliphatic rings. The standard InChI is InChI=1S/C21H33N5O2.HI/c1-3-13-28-19-17(9-6-11-23-19)14-24-21(22-2)25-18-10-12-26(15-18)20(27)16-7-4-5-8-16;/h6,9,11,16,18H,3-5,7-8,10,12-15H2,1-2H3,(H2,22,24,25);1H. The van der Waals surface area contributed by atoms with E-state index < -0.39 is 0 Å². The number of carbonyl (C=O) groups is 1. The van der Waals surface area contributed by atoms with Crippen LogP contribution in [0.3, 0.4) is 0 Å². The fraction of sp³-hybridized carbons (Fsp3) is 0.667. The van der Waals surface area contributed by atoms with E-state index in [1.165, 1.54) is 12.8 Å². The topological polar surface area (TPSA) is 78.8 Å². The Hall–Kier alpha value is -1.58. The molecule has 8 heteroatoms. The Morgan fingerprint density at radius 2 is 2.14 bits per heavy atom. The van der Waals surface area contributed by atoms with E-state index in [0.717, 1.165) is 50.3 Å². The van der Waals surface area contributed by atoms with Crippen molar-refractivity contribution in [1.82, 2.24) is 20.5 Å². The molecule has 162 valence electrons. The Balaban J connectivity index is 0.00000300. The van der Waals surface area contributed by atoms with Crippen LogP contribution in [-0.4, -0.2) is 54.5 Å². The number of ether oxygens (including phenoxy) is 1. The number of nitrogens with zero attached hydrogens (tertiary/aromatic N) is 3. The molecule has 1 amide bonds. The number of carbonyl (C=O) groups excluding carboxylic acids is 1. The maximum atomic E-state index is 12.6. The molecule has 1 aliphatic heterocycles. The maximum Gasteiger partial charge on any atom is 0.225 e. The number of rotatable bonds is 7. The van der Waals surface area contributed by atoms with Crippen molar-refractivity contribution in [2.75, 3.05) is 26.7 Å². The van der Waals surface area contributed by atoms with Gasteiger partial charge in [-0.3, -0.25) is 9.79 Å². The van der Waals surface area contributed by atoms with Crippen LogP contribution in [0.2, 0.25) is 0 Å². The van der Waals surface area contributed by atoms with Gasteiger partial charge in [0, 0.05) is 50.4 Å². The van der Waals surface area contributed by atoms with Crippen LogP contribution < -0.4 is 15.4 Å². The minimum atomic E-state index is 0. The highest BCUT2D eigenvalue weighted by molar-refractivity contribution is 14.0. The van der Waals surface area contributed by atoms with E-state index >= 15 is 0 Å². The van der Waals surface area contributed by atoms with E-state index in [9.17, 15) is 4.79 Å². The predicted molar refractivity (Wildman–Crippen MR) is 126 cm³/mol. The van der Waals surface area contributed by atoms with E-state index in [0.29, 0.717) is 24.9 Å². The van der Waals surface area contributed by atoms with Gasteiger partial charge < -0.3 is 20.3 Å². The van der Waals surface area contributed by atoms with Crippen molar-refractivity contribution in [2.45, 2.75) is 58.0 Å². The first kappa shape index (κ1) is 23.7. The molecular weight excluding hydrogens is 481 g/mol. The summed E-state index contributed by atoms with van der Waals surface area (Å²) in [7, 11) is 1.77. The minimum Gasteiger partial charge on any atom is -0.477 e. The van der Waals surface area contributed by atoms with Gasteiger partial charge in [-0.2, -0.15) is 0 Å². The number of hydrogen-bond acceptors (Lipinski definition) is 4. The zero-order valence-corrected chi connectivity index (χ0v) is 19.9. The molecule has 1 saturated heterocycles. The molecule has 3 rings (SSSR count). The van der Waals surface area contributed by atoms with Crippen molar-refractivity contribution < 1.29 is 9.53 Å². The molecule has 1 unspecified atom stereocenters. The second kappa shape index (κ2) is 12.2. The van der Waals surface area contributed by atoms with Crippen LogP contribution in [0.1, 0.15) is 51.0 Å². The number of pyridine rings is 1. The van der Waals surface area contributed by atoms with Gasteiger partial charge in [-0.25, -0.2) is 4.98 Å². The number of aromatic nitrogens is 1. The molecule has 1 aromatic heterocycles. The van der Waals surface area contributed by atoms with Crippen molar-refractivity contribution in [3.63, 3.8) is 0 Å². The number of likely N-dealkylation sites (tertiary alicyclic amines) is 1. The third kappa shape index (κ3) is 6.72. The SMILES string of the molecule is CCCOc1ncccc1CNC(=NC)NC1CCN(C(=O)C2CCCC2)C1.I. The molecule has 7 nitrogen and oxygen atoms in total. The lowest BCUT2D eigenvalue weighted by molar-refractivity contribution is -0.134. The highest BCUT2D eigenvalue weighted by atomic mass is 127. The molecule has 1 atom stereocenters. The largest absolute Gasteiger partial charge is 0.477 e. The summed E-state index contributed by atoms with van der Waals surface area (Å²) in [6.07, 6.45) is 8.16. The Morgan fingerprint density at radius 1 is 1.34 bits per heavy atom. The number of guanidine groups is 1. The van der Waals surface area contributed by atoms with E-state index in [1.807, 2.05) is 17.0 Å². The summed E-state index contributed by atoms with van der Waals surface area (Å²) >= 11 is 0. The Morgan fingerprint density at radius 3 is 2.86 bits per heavy atom. The van der Waals surface area contributed by atoms with Crippen LogP contribution >= 0.6 is 24.0 Å². The first-order valence-corrected chi connectivity index (χ1v) is 10.5. The van der Waals surface area contributed by atoms with Crippen molar-refractivity contribution in [3.05, 3.63) is 23.9 Å². The molecule has 1 aliphatic carbocycles. The van der Waals surface area contributed by atoms with Crippen LogP contribution in [0.15, 0.2) is 23.3 Å². The van der Waals surface area contributed by atoms with Crippen LogP contribution in [-0.2, 0) is 11.3 Å². The summed E-state index contributed by atoms with van der Waals surface area (Å²) in [5.41, 5.74) is 1.00. The molecule has 29 heavy (non-hydrogen) atoms. The summed E-state index contributed by atoms with van der Waals surface area (Å²) < 4.78 is 5.72. The number of amides is 1. The summed E-state index contributed by atoms with van der Waals surface area (Å²) in [4.78, 5) is 23.3. The van der Waals surface area contributed by atoms with E-state index in [1.54, 1.807) is 13.2 Å². The Kier molecular flexibility index (Phi) is 9.96. The van der Waals surface area contributed by atoms with Crippen molar-refractivity contribution >= 4 is 35.8 Å². The quantitative estimate of drug-likeness (QED) is 0.332. The van der Waals surface area contributed by atoms with Crippen molar-refractivity contribution in [1.29, 1.82) is 0 Å². The molecule has 2 N–H and O–H groups in total. The average molecular weight is 515 g/mol. The van der Waals surface area contributed by atoms with Gasteiger partial charge in [0.25, 0.3) is 0 Å². The Labute approximate surface area is 191 Å². The minimum absolute atomic E-state index is 0.